The van der Waals surface area contributed by atoms with E-state index in [4.69, 9.17) is 19.1 Å². The van der Waals surface area contributed by atoms with E-state index in [0.29, 0.717) is 19.3 Å². The highest BCUT2D eigenvalue weighted by Gasteiger charge is 2.27. The summed E-state index contributed by atoms with van der Waals surface area (Å²) in [6, 6.07) is 0. The molecule has 0 amide bonds. The molecule has 0 aliphatic heterocycles. The maximum Gasteiger partial charge on any atom is 0.472 e. The highest BCUT2D eigenvalue weighted by molar-refractivity contribution is 7.47. The van der Waals surface area contributed by atoms with Crippen LogP contribution < -0.4 is 0 Å². The number of carbonyl (C=O) groups is 2. The van der Waals surface area contributed by atoms with E-state index in [2.05, 4.69) is 54.8 Å². The second-order valence-corrected chi connectivity index (χ2v) is 14.8. The average Bonchev–Trinajstić information content (AvgIpc) is 3.08. The molecule has 296 valence electrons. The second kappa shape index (κ2) is 33.7. The van der Waals surface area contributed by atoms with Crippen LogP contribution in [-0.4, -0.2) is 76.9 Å². The molecule has 0 aromatic carbocycles. The topological polar surface area (TPSA) is 169 Å². The van der Waals surface area contributed by atoms with Gasteiger partial charge < -0.3 is 29.7 Å². The highest BCUT2D eigenvalue weighted by Crippen LogP contribution is 2.43. The molecule has 12 heteroatoms. The van der Waals surface area contributed by atoms with Gasteiger partial charge >= 0.3 is 19.8 Å². The molecule has 11 nitrogen and oxygen atoms in total. The van der Waals surface area contributed by atoms with Crippen molar-refractivity contribution in [3.8, 4) is 0 Å². The summed E-state index contributed by atoms with van der Waals surface area (Å²) in [6.07, 6.45) is 29.6. The number of hydrogen-bond donors (Lipinski definition) is 4. The standard InChI is InChI=1S/C39H69O11P/c1-34(2)26-22-18-14-13-17-21-25-29-39(44)50-37(33-49-51(45,46)48-31-36(42)30-40)32-47-38(43)28-24-20-16-12-10-8-6-4-5-7-9-11-15-19-23-27-35(3)41/h5-8,11-12,15-16,34-37,40-42H,4,9-10,13-14,17-33H2,1-3H3,(H,45,46)/b7-5-,8-6-,15-11-,16-12-/t35-,36+,37-/m1/s1. The third kappa shape index (κ3) is 36.1. The Morgan fingerprint density at radius 1 is 0.627 bits per heavy atom. The third-order valence-electron chi connectivity index (χ3n) is 7.68. The third-order valence-corrected chi connectivity index (χ3v) is 8.63. The first-order valence-corrected chi connectivity index (χ1v) is 20.5. The van der Waals surface area contributed by atoms with Crippen LogP contribution in [0.1, 0.15) is 136 Å². The largest absolute Gasteiger partial charge is 0.472 e. The molecule has 0 aromatic rings. The van der Waals surface area contributed by atoms with Crippen LogP contribution in [-0.2, 0) is 32.7 Å². The van der Waals surface area contributed by atoms with E-state index in [0.717, 1.165) is 63.7 Å². The van der Waals surface area contributed by atoms with Crippen molar-refractivity contribution in [3.05, 3.63) is 48.6 Å². The summed E-state index contributed by atoms with van der Waals surface area (Å²) in [6.45, 7) is 4.07. The van der Waals surface area contributed by atoms with Gasteiger partial charge in [-0.05, 0) is 70.6 Å². The molecule has 0 aliphatic rings. The van der Waals surface area contributed by atoms with Crippen molar-refractivity contribution in [1.82, 2.24) is 0 Å². The quantitative estimate of drug-likeness (QED) is 0.0217. The molecule has 0 radical (unpaired) electrons. The zero-order chi connectivity index (χ0) is 38.0. The first-order chi connectivity index (χ1) is 24.4. The van der Waals surface area contributed by atoms with Gasteiger partial charge in [0.25, 0.3) is 0 Å². The number of phosphoric ester groups is 1. The fourth-order valence-corrected chi connectivity index (χ4v) is 5.51. The van der Waals surface area contributed by atoms with Crippen molar-refractivity contribution in [2.75, 3.05) is 26.4 Å². The smallest absolute Gasteiger partial charge is 0.462 e. The molecule has 51 heavy (non-hydrogen) atoms. The molecule has 1 unspecified atom stereocenters. The number of rotatable bonds is 34. The van der Waals surface area contributed by atoms with E-state index < -0.39 is 51.8 Å². The number of ether oxygens (including phenoxy) is 2. The molecule has 0 aromatic heterocycles. The summed E-state index contributed by atoms with van der Waals surface area (Å²) < 4.78 is 32.5. The molecule has 0 spiro atoms. The van der Waals surface area contributed by atoms with Crippen LogP contribution in [0.2, 0.25) is 0 Å². The number of hydrogen-bond acceptors (Lipinski definition) is 10. The average molecular weight is 745 g/mol. The van der Waals surface area contributed by atoms with Crippen molar-refractivity contribution >= 4 is 19.8 Å². The Morgan fingerprint density at radius 3 is 1.71 bits per heavy atom. The molecule has 4 atom stereocenters. The van der Waals surface area contributed by atoms with Gasteiger partial charge in [0.15, 0.2) is 6.10 Å². The predicted octanol–water partition coefficient (Wildman–Crippen LogP) is 8.21. The number of allylic oxidation sites excluding steroid dienone is 8. The van der Waals surface area contributed by atoms with Crippen LogP contribution in [0.15, 0.2) is 48.6 Å². The lowest BCUT2D eigenvalue weighted by Gasteiger charge is -2.20. The zero-order valence-electron chi connectivity index (χ0n) is 31.6. The normalized spacial score (nSPS) is 15.3. The Morgan fingerprint density at radius 2 is 1.14 bits per heavy atom. The van der Waals surface area contributed by atoms with E-state index >= 15 is 0 Å². The van der Waals surface area contributed by atoms with Crippen LogP contribution in [0.4, 0.5) is 0 Å². The molecular weight excluding hydrogens is 675 g/mol. The van der Waals surface area contributed by atoms with Crippen LogP contribution >= 0.6 is 7.82 Å². The Hall–Kier alpha value is -2.11. The summed E-state index contributed by atoms with van der Waals surface area (Å²) in [5.74, 6) is -0.287. The van der Waals surface area contributed by atoms with Crippen molar-refractivity contribution in [3.63, 3.8) is 0 Å². The van der Waals surface area contributed by atoms with Crippen LogP contribution in [0, 0.1) is 5.92 Å². The molecule has 0 aliphatic carbocycles. The van der Waals surface area contributed by atoms with E-state index in [9.17, 15) is 29.3 Å². The number of unbranched alkanes of at least 4 members (excludes halogenated alkanes) is 8. The summed E-state index contributed by atoms with van der Waals surface area (Å²) in [7, 11) is -4.63. The van der Waals surface area contributed by atoms with Crippen LogP contribution in [0.3, 0.4) is 0 Å². The summed E-state index contributed by atoms with van der Waals surface area (Å²) in [5.41, 5.74) is 0. The van der Waals surface area contributed by atoms with E-state index in [1.165, 1.54) is 25.7 Å². The minimum absolute atomic E-state index is 0.152. The first-order valence-electron chi connectivity index (χ1n) is 19.0. The monoisotopic (exact) mass is 744 g/mol. The van der Waals surface area contributed by atoms with Crippen molar-refractivity contribution in [2.45, 2.75) is 155 Å². The van der Waals surface area contributed by atoms with Gasteiger partial charge in [0.2, 0.25) is 0 Å². The van der Waals surface area contributed by atoms with Gasteiger partial charge in [-0.25, -0.2) is 4.57 Å². The summed E-state index contributed by atoms with van der Waals surface area (Å²) in [5, 5.41) is 27.5. The minimum Gasteiger partial charge on any atom is -0.462 e. The van der Waals surface area contributed by atoms with Crippen molar-refractivity contribution in [2.24, 2.45) is 5.92 Å². The van der Waals surface area contributed by atoms with E-state index in [1.807, 2.05) is 19.1 Å². The molecule has 4 N–H and O–H groups in total. The molecule has 0 fully saturated rings. The predicted molar refractivity (Wildman–Crippen MR) is 202 cm³/mol. The lowest BCUT2D eigenvalue weighted by molar-refractivity contribution is -0.161. The lowest BCUT2D eigenvalue weighted by Crippen LogP contribution is -2.29. The van der Waals surface area contributed by atoms with Gasteiger partial charge in [0, 0.05) is 12.8 Å². The first kappa shape index (κ1) is 48.9. The zero-order valence-corrected chi connectivity index (χ0v) is 32.5. The molecule has 0 rings (SSSR count). The Balaban J connectivity index is 4.45. The fourth-order valence-electron chi connectivity index (χ4n) is 4.72. The maximum absolute atomic E-state index is 12.5. The van der Waals surface area contributed by atoms with Gasteiger partial charge in [0.1, 0.15) is 12.7 Å². The number of aliphatic hydroxyl groups is 3. The summed E-state index contributed by atoms with van der Waals surface area (Å²) in [4.78, 5) is 34.7. The maximum atomic E-state index is 12.5. The fraction of sp³-hybridized carbons (Fsp3) is 0.744. The highest BCUT2D eigenvalue weighted by atomic mass is 31.2. The van der Waals surface area contributed by atoms with Gasteiger partial charge in [-0.1, -0.05) is 107 Å². The molecular formula is C39H69O11P. The number of esters is 2. The summed E-state index contributed by atoms with van der Waals surface area (Å²) >= 11 is 0. The number of aliphatic hydroxyl groups excluding tert-OH is 3. The Labute approximate surface area is 307 Å². The van der Waals surface area contributed by atoms with Gasteiger partial charge in [-0.2, -0.15) is 0 Å². The van der Waals surface area contributed by atoms with Gasteiger partial charge in [0.05, 0.1) is 25.9 Å². The van der Waals surface area contributed by atoms with Gasteiger partial charge in [-0.15, -0.1) is 0 Å². The van der Waals surface area contributed by atoms with E-state index in [1.54, 1.807) is 0 Å². The number of phosphoric acid groups is 1. The molecule has 0 heterocycles. The van der Waals surface area contributed by atoms with Gasteiger partial charge in [-0.3, -0.25) is 18.6 Å². The second-order valence-electron chi connectivity index (χ2n) is 13.4. The van der Waals surface area contributed by atoms with Crippen LogP contribution in [0.5, 0.6) is 0 Å². The SMILES string of the molecule is CC(C)CCCCCCCCCC(=O)O[C@H](COC(=O)CCC/C=C\C/C=C\C/C=C\C/C=C\CCC[C@@H](C)O)COP(=O)(O)OC[C@@H](O)CO. The minimum atomic E-state index is -4.63. The molecule has 0 bridgehead atoms. The lowest BCUT2D eigenvalue weighted by atomic mass is 10.0. The number of carbonyl (C=O) groups excluding carboxylic acids is 2. The van der Waals surface area contributed by atoms with Crippen LogP contribution in [0.25, 0.3) is 0 Å². The molecule has 0 saturated carbocycles. The van der Waals surface area contributed by atoms with Crippen molar-refractivity contribution in [1.29, 1.82) is 0 Å². The Kier molecular flexibility index (Phi) is 32.3. The Bertz CT molecular complexity index is 1020. The van der Waals surface area contributed by atoms with Crippen molar-refractivity contribution < 1.29 is 52.9 Å². The van der Waals surface area contributed by atoms with E-state index in [-0.39, 0.29) is 25.6 Å². The molecule has 0 saturated heterocycles.